The lowest BCUT2D eigenvalue weighted by Crippen LogP contribution is -2.55. The van der Waals surface area contributed by atoms with Crippen molar-refractivity contribution in [2.75, 3.05) is 6.61 Å². The molecule has 4 atom stereocenters. The van der Waals surface area contributed by atoms with Gasteiger partial charge in [-0.2, -0.15) is 0 Å². The summed E-state index contributed by atoms with van der Waals surface area (Å²) in [7, 11) is 0. The molecule has 2 aromatic rings. The largest absolute Gasteiger partial charge is 0.455 e. The van der Waals surface area contributed by atoms with E-state index in [1.165, 1.54) is 174 Å². The molecule has 0 radical (unpaired) electrons. The zero-order valence-corrected chi connectivity index (χ0v) is 44.1. The van der Waals surface area contributed by atoms with E-state index in [-0.39, 0.29) is 5.56 Å². The van der Waals surface area contributed by atoms with Gasteiger partial charge >= 0.3 is 17.9 Å². The third-order valence-electron chi connectivity index (χ3n) is 13.6. The summed E-state index contributed by atoms with van der Waals surface area (Å²) in [6, 6.07) is 16.0. The van der Waals surface area contributed by atoms with E-state index in [2.05, 4.69) is 19.2 Å². The minimum atomic E-state index is -1.24. The number of benzene rings is 2. The van der Waals surface area contributed by atoms with Crippen LogP contribution in [0.15, 0.2) is 60.7 Å². The standard InChI is InChI=1S/C60H99NO8/c1-4-6-8-10-12-14-16-18-19-20-21-22-23-24-25-26-27-29-31-33-35-43-49-56(67-51(3)63)58(64)61-54(50-62)57(69-60(66)53-46-40-37-41-47-53)55(68-59(65)52-44-38-36-39-45-52)48-42-34-32-30-28-17-15-13-11-9-7-5-2/h36-41,44-47,54-57,62H,4-35,42-43,48-50H2,1-3H3,(H,61,64)/t54-,55+,56+,57-/m0/s1. The van der Waals surface area contributed by atoms with Gasteiger partial charge in [0.2, 0.25) is 0 Å². The van der Waals surface area contributed by atoms with E-state index in [1.54, 1.807) is 54.6 Å². The number of hydrogen-bond donors (Lipinski definition) is 2. The van der Waals surface area contributed by atoms with Crippen molar-refractivity contribution < 1.29 is 38.5 Å². The molecule has 0 spiro atoms. The molecule has 0 aliphatic carbocycles. The van der Waals surface area contributed by atoms with Crippen LogP contribution in [0.5, 0.6) is 0 Å². The number of esters is 3. The second kappa shape index (κ2) is 43.1. The zero-order valence-electron chi connectivity index (χ0n) is 44.1. The average Bonchev–Trinajstić information content (AvgIpc) is 3.36. The van der Waals surface area contributed by atoms with Gasteiger partial charge in [0.1, 0.15) is 6.10 Å². The first-order chi connectivity index (χ1) is 33.8. The Balaban J connectivity index is 1.90. The Bertz CT molecular complexity index is 1540. The van der Waals surface area contributed by atoms with E-state index in [0.29, 0.717) is 31.2 Å². The number of ether oxygens (including phenoxy) is 3. The monoisotopic (exact) mass is 962 g/mol. The number of unbranched alkanes of at least 4 members (excludes halogenated alkanes) is 32. The van der Waals surface area contributed by atoms with Crippen molar-refractivity contribution in [1.29, 1.82) is 0 Å². The van der Waals surface area contributed by atoms with Crippen LogP contribution in [0.1, 0.15) is 273 Å². The van der Waals surface area contributed by atoms with Crippen molar-refractivity contribution in [3.63, 3.8) is 0 Å². The summed E-state index contributed by atoms with van der Waals surface area (Å²) in [6.45, 7) is 5.19. The topological polar surface area (TPSA) is 128 Å². The lowest BCUT2D eigenvalue weighted by molar-refractivity contribution is -0.155. The van der Waals surface area contributed by atoms with Gasteiger partial charge in [0.25, 0.3) is 5.91 Å². The summed E-state index contributed by atoms with van der Waals surface area (Å²) in [5.41, 5.74) is 0.622. The first kappa shape index (κ1) is 61.4. The van der Waals surface area contributed by atoms with Crippen LogP contribution in [0.4, 0.5) is 0 Å². The molecule has 0 bridgehead atoms. The SMILES string of the molecule is CCCCCCCCCCCCCCCCCCCCCCCC[C@@H](OC(C)=O)C(=O)N[C@@H](CO)[C@H](OC(=O)c1ccccc1)[C@@H](CCCCCCCCCCCCCC)OC(=O)c1ccccc1. The Morgan fingerprint density at radius 3 is 1.09 bits per heavy atom. The minimum absolute atomic E-state index is 0.284. The third-order valence-corrected chi connectivity index (χ3v) is 13.6. The molecular weight excluding hydrogens is 863 g/mol. The van der Waals surface area contributed by atoms with Crippen LogP contribution in [0.25, 0.3) is 0 Å². The van der Waals surface area contributed by atoms with Crippen LogP contribution in [0, 0.1) is 0 Å². The molecule has 69 heavy (non-hydrogen) atoms. The average molecular weight is 962 g/mol. The van der Waals surface area contributed by atoms with Crippen LogP contribution in [0.2, 0.25) is 0 Å². The van der Waals surface area contributed by atoms with Gasteiger partial charge in [0.05, 0.1) is 23.8 Å². The molecule has 0 aromatic heterocycles. The quantitative estimate of drug-likeness (QED) is 0.0381. The van der Waals surface area contributed by atoms with Crippen molar-refractivity contribution in [3.05, 3.63) is 71.8 Å². The number of aliphatic hydroxyl groups is 1. The van der Waals surface area contributed by atoms with Gasteiger partial charge in [-0.1, -0.05) is 256 Å². The highest BCUT2D eigenvalue weighted by atomic mass is 16.6. The highest BCUT2D eigenvalue weighted by Crippen LogP contribution is 2.23. The molecule has 2 aromatic carbocycles. The van der Waals surface area contributed by atoms with E-state index in [4.69, 9.17) is 14.2 Å². The summed E-state index contributed by atoms with van der Waals surface area (Å²) < 4.78 is 17.8. The van der Waals surface area contributed by atoms with Gasteiger partial charge in [-0.05, 0) is 49.9 Å². The summed E-state index contributed by atoms with van der Waals surface area (Å²) in [6.07, 6.45) is 39.5. The summed E-state index contributed by atoms with van der Waals surface area (Å²) in [5.74, 6) is -2.43. The molecule has 0 saturated carbocycles. The van der Waals surface area contributed by atoms with Gasteiger partial charge in [-0.3, -0.25) is 9.59 Å². The maximum atomic E-state index is 13.9. The first-order valence-electron chi connectivity index (χ1n) is 28.4. The Kier molecular flexibility index (Phi) is 38.4. The number of carbonyl (C=O) groups excluding carboxylic acids is 4. The van der Waals surface area contributed by atoms with Crippen molar-refractivity contribution in [2.24, 2.45) is 0 Å². The number of hydrogen-bond acceptors (Lipinski definition) is 8. The molecule has 0 fully saturated rings. The third kappa shape index (κ3) is 32.0. The normalized spacial score (nSPS) is 13.0. The van der Waals surface area contributed by atoms with Gasteiger partial charge in [0.15, 0.2) is 12.2 Å². The number of nitrogens with one attached hydrogen (secondary N) is 1. The molecule has 2 rings (SSSR count). The Morgan fingerprint density at radius 1 is 0.435 bits per heavy atom. The molecule has 2 N–H and O–H groups in total. The van der Waals surface area contributed by atoms with Crippen molar-refractivity contribution >= 4 is 23.8 Å². The highest BCUT2D eigenvalue weighted by Gasteiger charge is 2.38. The molecular formula is C60H99NO8. The predicted octanol–water partition coefficient (Wildman–Crippen LogP) is 15.9. The molecule has 392 valence electrons. The Labute approximate surface area is 420 Å². The van der Waals surface area contributed by atoms with Crippen molar-refractivity contribution in [3.8, 4) is 0 Å². The maximum Gasteiger partial charge on any atom is 0.338 e. The fourth-order valence-electron chi connectivity index (χ4n) is 9.33. The molecule has 0 heterocycles. The lowest BCUT2D eigenvalue weighted by Gasteiger charge is -2.33. The highest BCUT2D eigenvalue weighted by molar-refractivity contribution is 5.90. The van der Waals surface area contributed by atoms with Crippen molar-refractivity contribution in [1.82, 2.24) is 5.32 Å². The molecule has 0 aliphatic rings. The molecule has 0 aliphatic heterocycles. The van der Waals surface area contributed by atoms with E-state index in [1.807, 2.05) is 6.07 Å². The Morgan fingerprint density at radius 2 is 0.754 bits per heavy atom. The molecule has 9 heteroatoms. The molecule has 1 amide bonds. The van der Waals surface area contributed by atoms with E-state index < -0.39 is 54.8 Å². The van der Waals surface area contributed by atoms with E-state index in [0.717, 1.165) is 38.5 Å². The second-order valence-electron chi connectivity index (χ2n) is 19.8. The lowest BCUT2D eigenvalue weighted by atomic mass is 9.98. The second-order valence-corrected chi connectivity index (χ2v) is 19.8. The molecule has 0 unspecified atom stereocenters. The van der Waals surface area contributed by atoms with Crippen LogP contribution < -0.4 is 5.32 Å². The Hall–Kier alpha value is -3.72. The summed E-state index contributed by atoms with van der Waals surface area (Å²) in [4.78, 5) is 53.5. The maximum absolute atomic E-state index is 13.9. The fourth-order valence-corrected chi connectivity index (χ4v) is 9.33. The summed E-state index contributed by atoms with van der Waals surface area (Å²) in [5, 5.41) is 13.7. The number of amides is 1. The van der Waals surface area contributed by atoms with Crippen LogP contribution in [-0.4, -0.2) is 59.9 Å². The van der Waals surface area contributed by atoms with Crippen molar-refractivity contribution in [2.45, 2.75) is 276 Å². The van der Waals surface area contributed by atoms with Crippen LogP contribution in [0.3, 0.4) is 0 Å². The molecule has 9 nitrogen and oxygen atoms in total. The van der Waals surface area contributed by atoms with Gasteiger partial charge in [-0.15, -0.1) is 0 Å². The van der Waals surface area contributed by atoms with Gasteiger partial charge in [-0.25, -0.2) is 9.59 Å². The predicted molar refractivity (Wildman–Crippen MR) is 283 cm³/mol. The van der Waals surface area contributed by atoms with E-state index >= 15 is 0 Å². The zero-order chi connectivity index (χ0) is 49.8. The fraction of sp³-hybridized carbons (Fsp3) is 0.733. The van der Waals surface area contributed by atoms with Crippen LogP contribution >= 0.6 is 0 Å². The van der Waals surface area contributed by atoms with Gasteiger partial charge in [0, 0.05) is 6.92 Å². The first-order valence-corrected chi connectivity index (χ1v) is 28.4. The van der Waals surface area contributed by atoms with Crippen LogP contribution in [-0.2, 0) is 23.8 Å². The number of rotatable bonds is 46. The summed E-state index contributed by atoms with van der Waals surface area (Å²) >= 11 is 0. The number of carbonyl (C=O) groups is 4. The molecule has 0 saturated heterocycles. The van der Waals surface area contributed by atoms with Gasteiger partial charge < -0.3 is 24.6 Å². The smallest absolute Gasteiger partial charge is 0.338 e. The number of aliphatic hydroxyl groups excluding tert-OH is 1. The minimum Gasteiger partial charge on any atom is -0.455 e. The van der Waals surface area contributed by atoms with E-state index in [9.17, 15) is 24.3 Å².